The first kappa shape index (κ1) is 13.1. The minimum Gasteiger partial charge on any atom is -0.383 e. The Labute approximate surface area is 115 Å². The second-order valence-electron chi connectivity index (χ2n) is 3.88. The summed E-state index contributed by atoms with van der Waals surface area (Å²) in [7, 11) is 1.70. The fourth-order valence-corrected chi connectivity index (χ4v) is 2.09. The minimum absolute atomic E-state index is 0.681. The molecule has 1 aromatic heterocycles. The maximum Gasteiger partial charge on any atom is 0.203 e. The molecule has 5 heteroatoms. The molecule has 2 aromatic rings. The quantitative estimate of drug-likeness (QED) is 0.892. The minimum atomic E-state index is 0.681. The van der Waals surface area contributed by atoms with Crippen molar-refractivity contribution in [3.8, 4) is 0 Å². The standard InChI is InChI=1S/C13H16BrN3O/c1-18-9-8-17-7-6-15-13(17)16-10-11-4-2-3-5-12(11)14/h2-7H,8-10H2,1H3,(H,15,16). The lowest BCUT2D eigenvalue weighted by atomic mass is 10.2. The molecule has 1 aromatic carbocycles. The molecule has 0 bridgehead atoms. The lowest BCUT2D eigenvalue weighted by Crippen LogP contribution is -2.10. The lowest BCUT2D eigenvalue weighted by molar-refractivity contribution is 0.187. The number of aromatic nitrogens is 2. The van der Waals surface area contributed by atoms with Crippen molar-refractivity contribution in [3.63, 3.8) is 0 Å². The molecule has 0 aliphatic rings. The van der Waals surface area contributed by atoms with Crippen LogP contribution in [-0.2, 0) is 17.8 Å². The van der Waals surface area contributed by atoms with Gasteiger partial charge in [0.2, 0.25) is 5.95 Å². The van der Waals surface area contributed by atoms with Crippen molar-refractivity contribution in [1.82, 2.24) is 9.55 Å². The number of nitrogens with zero attached hydrogens (tertiary/aromatic N) is 2. The van der Waals surface area contributed by atoms with Crippen LogP contribution in [0.2, 0.25) is 0 Å². The van der Waals surface area contributed by atoms with E-state index in [1.54, 1.807) is 13.3 Å². The van der Waals surface area contributed by atoms with Gasteiger partial charge in [-0.1, -0.05) is 34.1 Å². The highest BCUT2D eigenvalue weighted by molar-refractivity contribution is 9.10. The molecule has 1 heterocycles. The van der Waals surface area contributed by atoms with Gasteiger partial charge in [-0.15, -0.1) is 0 Å². The SMILES string of the molecule is COCCn1ccnc1NCc1ccccc1Br. The first-order valence-corrected chi connectivity index (χ1v) is 6.58. The number of hydrogen-bond donors (Lipinski definition) is 1. The molecule has 96 valence electrons. The van der Waals surface area contributed by atoms with E-state index in [9.17, 15) is 0 Å². The Balaban J connectivity index is 1.98. The highest BCUT2D eigenvalue weighted by Gasteiger charge is 2.03. The van der Waals surface area contributed by atoms with Gasteiger partial charge in [0.25, 0.3) is 0 Å². The number of ether oxygens (including phenoxy) is 1. The van der Waals surface area contributed by atoms with E-state index in [1.807, 2.05) is 29.0 Å². The molecule has 0 saturated carbocycles. The number of anilines is 1. The maximum absolute atomic E-state index is 5.07. The van der Waals surface area contributed by atoms with E-state index in [2.05, 4.69) is 32.3 Å². The van der Waals surface area contributed by atoms with Crippen LogP contribution < -0.4 is 5.32 Å². The number of benzene rings is 1. The number of imidazole rings is 1. The van der Waals surface area contributed by atoms with Crippen LogP contribution in [0, 0.1) is 0 Å². The van der Waals surface area contributed by atoms with Gasteiger partial charge in [-0.3, -0.25) is 0 Å². The van der Waals surface area contributed by atoms with Crippen molar-refractivity contribution in [3.05, 3.63) is 46.7 Å². The van der Waals surface area contributed by atoms with Crippen molar-refractivity contribution in [1.29, 1.82) is 0 Å². The number of hydrogen-bond acceptors (Lipinski definition) is 3. The van der Waals surface area contributed by atoms with Crippen LogP contribution >= 0.6 is 15.9 Å². The smallest absolute Gasteiger partial charge is 0.203 e. The third-order valence-corrected chi connectivity index (χ3v) is 3.42. The summed E-state index contributed by atoms with van der Waals surface area (Å²) in [5, 5.41) is 3.33. The van der Waals surface area contributed by atoms with Gasteiger partial charge in [0.1, 0.15) is 0 Å². The van der Waals surface area contributed by atoms with Gasteiger partial charge in [0, 0.05) is 37.1 Å². The van der Waals surface area contributed by atoms with Gasteiger partial charge in [0.05, 0.1) is 6.61 Å². The van der Waals surface area contributed by atoms with Gasteiger partial charge in [-0.25, -0.2) is 4.98 Å². The zero-order chi connectivity index (χ0) is 12.8. The summed E-state index contributed by atoms with van der Waals surface area (Å²) in [5.41, 5.74) is 1.21. The first-order valence-electron chi connectivity index (χ1n) is 5.78. The molecule has 2 rings (SSSR count). The summed E-state index contributed by atoms with van der Waals surface area (Å²) < 4.78 is 8.21. The zero-order valence-electron chi connectivity index (χ0n) is 10.3. The molecule has 4 nitrogen and oxygen atoms in total. The Bertz CT molecular complexity index is 498. The van der Waals surface area contributed by atoms with E-state index in [-0.39, 0.29) is 0 Å². The van der Waals surface area contributed by atoms with E-state index < -0.39 is 0 Å². The molecule has 0 atom stereocenters. The summed E-state index contributed by atoms with van der Waals surface area (Å²) in [6.07, 6.45) is 3.74. The summed E-state index contributed by atoms with van der Waals surface area (Å²) in [6, 6.07) is 8.15. The number of halogens is 1. The molecule has 0 aliphatic carbocycles. The molecule has 0 spiro atoms. The fraction of sp³-hybridized carbons (Fsp3) is 0.308. The van der Waals surface area contributed by atoms with Crippen molar-refractivity contribution in [2.24, 2.45) is 0 Å². The van der Waals surface area contributed by atoms with Gasteiger partial charge < -0.3 is 14.6 Å². The highest BCUT2D eigenvalue weighted by Crippen LogP contribution is 2.17. The summed E-state index contributed by atoms with van der Waals surface area (Å²) in [6.45, 7) is 2.22. The molecule has 0 fully saturated rings. The first-order chi connectivity index (χ1) is 8.81. The molecule has 0 amide bonds. The van der Waals surface area contributed by atoms with Gasteiger partial charge in [-0.2, -0.15) is 0 Å². The molecule has 0 aliphatic heterocycles. The predicted octanol–water partition coefficient (Wildman–Crippen LogP) is 2.90. The zero-order valence-corrected chi connectivity index (χ0v) is 11.9. The fourth-order valence-electron chi connectivity index (χ4n) is 1.66. The summed E-state index contributed by atoms with van der Waals surface area (Å²) >= 11 is 3.53. The molecule has 1 N–H and O–H groups in total. The Morgan fingerprint density at radius 2 is 2.22 bits per heavy atom. The summed E-state index contributed by atoms with van der Waals surface area (Å²) in [4.78, 5) is 4.29. The van der Waals surface area contributed by atoms with Gasteiger partial charge in [0.15, 0.2) is 0 Å². The van der Waals surface area contributed by atoms with E-state index in [0.717, 1.165) is 23.5 Å². The topological polar surface area (TPSA) is 39.1 Å². The average molecular weight is 310 g/mol. The molecular weight excluding hydrogens is 294 g/mol. The third kappa shape index (κ3) is 3.34. The molecule has 18 heavy (non-hydrogen) atoms. The molecule has 0 radical (unpaired) electrons. The third-order valence-electron chi connectivity index (χ3n) is 2.65. The highest BCUT2D eigenvalue weighted by atomic mass is 79.9. The van der Waals surface area contributed by atoms with Crippen LogP contribution in [0.5, 0.6) is 0 Å². The molecular formula is C13H16BrN3O. The van der Waals surface area contributed by atoms with Gasteiger partial charge >= 0.3 is 0 Å². The Hall–Kier alpha value is -1.33. The lowest BCUT2D eigenvalue weighted by Gasteiger charge is -2.10. The number of methoxy groups -OCH3 is 1. The average Bonchev–Trinajstić information content (AvgIpc) is 2.83. The maximum atomic E-state index is 5.07. The van der Waals surface area contributed by atoms with Crippen LogP contribution in [0.1, 0.15) is 5.56 Å². The van der Waals surface area contributed by atoms with Crippen molar-refractivity contribution >= 4 is 21.9 Å². The van der Waals surface area contributed by atoms with Crippen LogP contribution in [-0.4, -0.2) is 23.3 Å². The summed E-state index contributed by atoms with van der Waals surface area (Å²) in [5.74, 6) is 0.864. The van der Waals surface area contributed by atoms with Crippen molar-refractivity contribution in [2.75, 3.05) is 19.0 Å². The normalized spacial score (nSPS) is 10.6. The second-order valence-corrected chi connectivity index (χ2v) is 4.74. The Morgan fingerprint density at radius 3 is 3.00 bits per heavy atom. The van der Waals surface area contributed by atoms with Crippen molar-refractivity contribution in [2.45, 2.75) is 13.1 Å². The van der Waals surface area contributed by atoms with Crippen LogP contribution in [0.25, 0.3) is 0 Å². The molecule has 0 saturated heterocycles. The van der Waals surface area contributed by atoms with E-state index in [1.165, 1.54) is 5.56 Å². The molecule has 0 unspecified atom stereocenters. The number of rotatable bonds is 6. The van der Waals surface area contributed by atoms with E-state index >= 15 is 0 Å². The van der Waals surface area contributed by atoms with E-state index in [4.69, 9.17) is 4.74 Å². The van der Waals surface area contributed by atoms with Crippen LogP contribution in [0.3, 0.4) is 0 Å². The Morgan fingerprint density at radius 1 is 1.39 bits per heavy atom. The van der Waals surface area contributed by atoms with Crippen molar-refractivity contribution < 1.29 is 4.74 Å². The number of nitrogens with one attached hydrogen (secondary N) is 1. The van der Waals surface area contributed by atoms with Gasteiger partial charge in [-0.05, 0) is 11.6 Å². The largest absolute Gasteiger partial charge is 0.383 e. The second kappa shape index (κ2) is 6.56. The van der Waals surface area contributed by atoms with Crippen LogP contribution in [0.4, 0.5) is 5.95 Å². The Kier molecular flexibility index (Phi) is 4.78. The van der Waals surface area contributed by atoms with E-state index in [0.29, 0.717) is 6.61 Å². The monoisotopic (exact) mass is 309 g/mol. The predicted molar refractivity (Wildman–Crippen MR) is 75.6 cm³/mol. The van der Waals surface area contributed by atoms with Crippen LogP contribution in [0.15, 0.2) is 41.1 Å².